The lowest BCUT2D eigenvalue weighted by Gasteiger charge is -2.21. The highest BCUT2D eigenvalue weighted by Crippen LogP contribution is 2.15. The number of rotatable bonds is 4. The summed E-state index contributed by atoms with van der Waals surface area (Å²) in [6.07, 6.45) is 3.34. The van der Waals surface area contributed by atoms with Gasteiger partial charge in [0.1, 0.15) is 0 Å². The summed E-state index contributed by atoms with van der Waals surface area (Å²) in [5.74, 6) is 0.116. The van der Waals surface area contributed by atoms with Gasteiger partial charge in [-0.3, -0.25) is 9.52 Å². The summed E-state index contributed by atoms with van der Waals surface area (Å²) >= 11 is 0. The first-order valence-corrected chi connectivity index (χ1v) is 6.01. The maximum absolute atomic E-state index is 11.0. The predicted molar refractivity (Wildman–Crippen MR) is 53.3 cm³/mol. The van der Waals surface area contributed by atoms with Crippen LogP contribution >= 0.6 is 0 Å². The Bertz CT molecular complexity index is 251. The first-order chi connectivity index (χ1) is 6.68. The molecule has 0 aromatic rings. The van der Waals surface area contributed by atoms with Crippen molar-refractivity contribution in [3.8, 4) is 0 Å². The molecule has 0 spiro atoms. The first kappa shape index (κ1) is 11.5. The molecule has 1 unspecified atom stereocenters. The van der Waals surface area contributed by atoms with Gasteiger partial charge in [-0.2, -0.15) is 0 Å². The molecule has 1 heterocycles. The molecule has 1 rings (SSSR count). The van der Waals surface area contributed by atoms with E-state index in [1.807, 2.05) is 4.72 Å². The maximum atomic E-state index is 11.0. The van der Waals surface area contributed by atoms with Gasteiger partial charge in [-0.05, 0) is 38.3 Å². The van der Waals surface area contributed by atoms with Gasteiger partial charge in [-0.1, -0.05) is 0 Å². The fraction of sp³-hybridized carbons (Fsp3) is 0.875. The molecule has 0 aromatic heterocycles. The number of carbonyl (C=O) groups excluding carboxylic acids is 1. The van der Waals surface area contributed by atoms with Gasteiger partial charge in [-0.15, -0.1) is 0 Å². The van der Waals surface area contributed by atoms with Crippen molar-refractivity contribution < 1.29 is 13.2 Å². The van der Waals surface area contributed by atoms with Gasteiger partial charge in [0, 0.05) is 6.42 Å². The molecular formula is C8H16N2O3S. The largest absolute Gasteiger partial charge is 0.316 e. The number of piperidine rings is 1. The van der Waals surface area contributed by atoms with E-state index in [1.54, 1.807) is 0 Å². The lowest BCUT2D eigenvalue weighted by atomic mass is 9.95. The summed E-state index contributed by atoms with van der Waals surface area (Å²) in [7, 11) is -2.78. The third-order valence-corrected chi connectivity index (χ3v) is 2.83. The molecule has 0 aromatic carbocycles. The van der Waals surface area contributed by atoms with E-state index in [2.05, 4.69) is 5.32 Å². The van der Waals surface area contributed by atoms with Gasteiger partial charge in [0.15, 0.2) is 0 Å². The summed E-state index contributed by atoms with van der Waals surface area (Å²) in [6.45, 7) is 1.99. The fourth-order valence-electron chi connectivity index (χ4n) is 1.66. The van der Waals surface area contributed by atoms with Crippen molar-refractivity contribution in [2.45, 2.75) is 25.7 Å². The van der Waals surface area contributed by atoms with Crippen molar-refractivity contribution in [1.82, 2.24) is 10.0 Å². The van der Waals surface area contributed by atoms with E-state index in [0.717, 1.165) is 32.4 Å². The molecule has 6 heteroatoms. The molecule has 1 amide bonds. The van der Waals surface area contributed by atoms with Crippen LogP contribution in [-0.4, -0.2) is 27.4 Å². The van der Waals surface area contributed by atoms with Crippen LogP contribution in [0.3, 0.4) is 0 Å². The lowest BCUT2D eigenvalue weighted by Crippen LogP contribution is -2.31. The van der Waals surface area contributed by atoms with Gasteiger partial charge in [0.2, 0.25) is 16.8 Å². The highest BCUT2D eigenvalue weighted by Gasteiger charge is 2.14. The zero-order chi connectivity index (χ0) is 10.4. The van der Waals surface area contributed by atoms with Gasteiger partial charge < -0.3 is 5.32 Å². The second-order valence-electron chi connectivity index (χ2n) is 3.54. The third-order valence-electron chi connectivity index (χ3n) is 2.39. The lowest BCUT2D eigenvalue weighted by molar-refractivity contribution is -0.119. The number of nitrogens with one attached hydrogen (secondary N) is 2. The SMILES string of the molecule is O=C(CCC1CCCNC1)N[SH](=O)=O. The van der Waals surface area contributed by atoms with Crippen LogP contribution in [0.5, 0.6) is 0 Å². The number of thiol groups is 1. The molecule has 0 radical (unpaired) electrons. The Balaban J connectivity index is 2.15. The summed E-state index contributed by atoms with van der Waals surface area (Å²) in [5, 5.41) is 3.25. The highest BCUT2D eigenvalue weighted by atomic mass is 32.2. The molecule has 5 nitrogen and oxygen atoms in total. The topological polar surface area (TPSA) is 75.3 Å². The predicted octanol–water partition coefficient (Wildman–Crippen LogP) is -0.591. The second kappa shape index (κ2) is 5.98. The minimum Gasteiger partial charge on any atom is -0.316 e. The second-order valence-corrected chi connectivity index (χ2v) is 4.28. The van der Waals surface area contributed by atoms with E-state index in [4.69, 9.17) is 0 Å². The molecule has 1 aliphatic heterocycles. The molecule has 1 saturated heterocycles. The van der Waals surface area contributed by atoms with Gasteiger partial charge in [-0.25, -0.2) is 8.42 Å². The summed E-state index contributed by atoms with van der Waals surface area (Å²) in [6, 6.07) is 0. The molecule has 0 aliphatic carbocycles. The maximum Gasteiger partial charge on any atom is 0.233 e. The van der Waals surface area contributed by atoms with Crippen LogP contribution in [0.15, 0.2) is 0 Å². The molecule has 2 N–H and O–H groups in total. The average Bonchev–Trinajstić information content (AvgIpc) is 2.15. The van der Waals surface area contributed by atoms with Crippen LogP contribution in [0, 0.1) is 5.92 Å². The van der Waals surface area contributed by atoms with Crippen LogP contribution in [0.1, 0.15) is 25.7 Å². The van der Waals surface area contributed by atoms with E-state index in [9.17, 15) is 13.2 Å². The molecule has 0 bridgehead atoms. The molecule has 1 fully saturated rings. The average molecular weight is 220 g/mol. The molecule has 1 atom stereocenters. The zero-order valence-electron chi connectivity index (χ0n) is 7.99. The van der Waals surface area contributed by atoms with E-state index in [0.29, 0.717) is 12.3 Å². The van der Waals surface area contributed by atoms with Crippen molar-refractivity contribution in [3.05, 3.63) is 0 Å². The molecule has 82 valence electrons. The van der Waals surface area contributed by atoms with Crippen molar-refractivity contribution in [2.24, 2.45) is 5.92 Å². The minimum atomic E-state index is -2.78. The zero-order valence-corrected chi connectivity index (χ0v) is 8.89. The number of hydrogen-bond donors (Lipinski definition) is 3. The van der Waals surface area contributed by atoms with Crippen LogP contribution in [0.25, 0.3) is 0 Å². The highest BCUT2D eigenvalue weighted by molar-refractivity contribution is 7.71. The first-order valence-electron chi connectivity index (χ1n) is 4.83. The Morgan fingerprint density at radius 2 is 2.29 bits per heavy atom. The van der Waals surface area contributed by atoms with Gasteiger partial charge >= 0.3 is 0 Å². The van der Waals surface area contributed by atoms with Crippen molar-refractivity contribution in [2.75, 3.05) is 13.1 Å². The van der Waals surface area contributed by atoms with E-state index in [-0.39, 0.29) is 0 Å². The summed E-state index contributed by atoms with van der Waals surface area (Å²) in [5.41, 5.74) is 0. The smallest absolute Gasteiger partial charge is 0.233 e. The fourth-order valence-corrected chi connectivity index (χ4v) is 1.98. The number of amides is 1. The minimum absolute atomic E-state index is 0.301. The number of hydrogen-bond acceptors (Lipinski definition) is 4. The number of carbonyl (C=O) groups is 1. The Kier molecular flexibility index (Phi) is 4.89. The Morgan fingerprint density at radius 3 is 2.86 bits per heavy atom. The van der Waals surface area contributed by atoms with E-state index < -0.39 is 16.8 Å². The Labute approximate surface area is 85.3 Å². The van der Waals surface area contributed by atoms with Crippen LogP contribution in [0.4, 0.5) is 0 Å². The molecule has 0 saturated carbocycles. The monoisotopic (exact) mass is 220 g/mol. The molecule has 1 aliphatic rings. The Hall–Kier alpha value is -0.620. The standard InChI is InChI=1S/C8H16N2O3S/c11-8(10-14(12)13)4-3-7-2-1-5-9-6-7/h7,9,14H,1-6H2,(H,10,11,12,13). The quantitative estimate of drug-likeness (QED) is 0.554. The molecular weight excluding hydrogens is 204 g/mol. The van der Waals surface area contributed by atoms with Crippen LogP contribution < -0.4 is 10.0 Å². The van der Waals surface area contributed by atoms with E-state index in [1.165, 1.54) is 0 Å². The third kappa shape index (κ3) is 4.57. The molecule has 14 heavy (non-hydrogen) atoms. The van der Waals surface area contributed by atoms with Crippen LogP contribution in [-0.2, 0) is 15.7 Å². The van der Waals surface area contributed by atoms with Gasteiger partial charge in [0.05, 0.1) is 0 Å². The van der Waals surface area contributed by atoms with Crippen molar-refractivity contribution >= 4 is 16.8 Å². The summed E-state index contributed by atoms with van der Waals surface area (Å²) in [4.78, 5) is 11.0. The normalized spacial score (nSPS) is 22.2. The summed E-state index contributed by atoms with van der Waals surface area (Å²) < 4.78 is 22.2. The van der Waals surface area contributed by atoms with Crippen molar-refractivity contribution in [3.63, 3.8) is 0 Å². The van der Waals surface area contributed by atoms with Gasteiger partial charge in [0.25, 0.3) is 0 Å². The van der Waals surface area contributed by atoms with Crippen LogP contribution in [0.2, 0.25) is 0 Å². The Morgan fingerprint density at radius 1 is 1.50 bits per heavy atom. The van der Waals surface area contributed by atoms with Crippen molar-refractivity contribution in [1.29, 1.82) is 0 Å². The van der Waals surface area contributed by atoms with E-state index >= 15 is 0 Å².